The second kappa shape index (κ2) is 6.17. The van der Waals surface area contributed by atoms with Crippen molar-refractivity contribution in [3.8, 4) is 16.2 Å². The summed E-state index contributed by atoms with van der Waals surface area (Å²) in [6.45, 7) is 2.22. The van der Waals surface area contributed by atoms with Crippen molar-refractivity contribution in [1.29, 1.82) is 0 Å². The summed E-state index contributed by atoms with van der Waals surface area (Å²) < 4.78 is 5.83. The van der Waals surface area contributed by atoms with Gasteiger partial charge in [-0.15, -0.1) is 11.3 Å². The maximum atomic E-state index is 12.5. The summed E-state index contributed by atoms with van der Waals surface area (Å²) in [5.41, 5.74) is 0.978. The van der Waals surface area contributed by atoms with E-state index in [4.69, 9.17) is 4.74 Å². The number of rotatable bonds is 2. The van der Waals surface area contributed by atoms with Gasteiger partial charge in [-0.05, 0) is 21.5 Å². The number of morpholine rings is 1. The average Bonchev–Trinajstić information content (AvgIpc) is 2.84. The quantitative estimate of drug-likeness (QED) is 0.885. The summed E-state index contributed by atoms with van der Waals surface area (Å²) in [6, 6.07) is 9.72. The standard InChI is InChI=1S/C15H14BrNO3S/c16-11-12(18)14(15(19)17-6-8-20-9-7-17)21-13(11)10-4-2-1-3-5-10/h1-5,18H,6-9H2. The van der Waals surface area contributed by atoms with Gasteiger partial charge in [0.25, 0.3) is 5.91 Å². The number of ether oxygens (including phenoxy) is 1. The molecule has 1 aromatic heterocycles. The van der Waals surface area contributed by atoms with Gasteiger partial charge in [-0.1, -0.05) is 30.3 Å². The minimum atomic E-state index is -0.135. The minimum absolute atomic E-state index is 0.0235. The van der Waals surface area contributed by atoms with Crippen LogP contribution in [-0.4, -0.2) is 42.2 Å². The number of benzene rings is 1. The Morgan fingerprint density at radius 1 is 1.24 bits per heavy atom. The number of nitrogens with zero attached hydrogens (tertiary/aromatic N) is 1. The van der Waals surface area contributed by atoms with Gasteiger partial charge in [-0.2, -0.15) is 0 Å². The first-order chi connectivity index (χ1) is 10.2. The van der Waals surface area contributed by atoms with Crippen molar-refractivity contribution in [2.75, 3.05) is 26.3 Å². The molecule has 110 valence electrons. The Morgan fingerprint density at radius 2 is 1.90 bits per heavy atom. The summed E-state index contributed by atoms with van der Waals surface area (Å²) in [7, 11) is 0. The van der Waals surface area contributed by atoms with Gasteiger partial charge < -0.3 is 14.7 Å². The molecule has 21 heavy (non-hydrogen) atoms. The molecule has 0 radical (unpaired) electrons. The molecule has 4 nitrogen and oxygen atoms in total. The number of amides is 1. The van der Waals surface area contributed by atoms with Crippen molar-refractivity contribution in [2.45, 2.75) is 0 Å². The Balaban J connectivity index is 1.95. The lowest BCUT2D eigenvalue weighted by Crippen LogP contribution is -2.40. The molecule has 1 fully saturated rings. The molecule has 1 aliphatic rings. The fourth-order valence-electron chi connectivity index (χ4n) is 2.23. The lowest BCUT2D eigenvalue weighted by Gasteiger charge is -2.26. The Morgan fingerprint density at radius 3 is 2.57 bits per heavy atom. The smallest absolute Gasteiger partial charge is 0.267 e. The molecule has 1 aromatic carbocycles. The average molecular weight is 368 g/mol. The first-order valence-electron chi connectivity index (χ1n) is 6.62. The summed E-state index contributed by atoms with van der Waals surface area (Å²) in [6.07, 6.45) is 0. The van der Waals surface area contributed by atoms with Crippen molar-refractivity contribution >= 4 is 33.2 Å². The highest BCUT2D eigenvalue weighted by Crippen LogP contribution is 2.45. The predicted molar refractivity (Wildman–Crippen MR) is 85.8 cm³/mol. The van der Waals surface area contributed by atoms with E-state index in [0.29, 0.717) is 35.7 Å². The van der Waals surface area contributed by atoms with Crippen LogP contribution < -0.4 is 0 Å². The van der Waals surface area contributed by atoms with E-state index in [-0.39, 0.29) is 11.7 Å². The number of carbonyl (C=O) groups is 1. The van der Waals surface area contributed by atoms with Crippen LogP contribution in [0.1, 0.15) is 9.67 Å². The van der Waals surface area contributed by atoms with Crippen molar-refractivity contribution in [3.05, 3.63) is 39.7 Å². The third-order valence-corrected chi connectivity index (χ3v) is 5.61. The van der Waals surface area contributed by atoms with E-state index in [1.807, 2.05) is 30.3 Å². The van der Waals surface area contributed by atoms with Crippen LogP contribution >= 0.6 is 27.3 Å². The summed E-state index contributed by atoms with van der Waals surface area (Å²) >= 11 is 4.71. The molecule has 1 aliphatic heterocycles. The molecule has 6 heteroatoms. The molecule has 1 N–H and O–H groups in total. The van der Waals surface area contributed by atoms with E-state index in [2.05, 4.69) is 15.9 Å². The number of aromatic hydroxyl groups is 1. The molecule has 0 bridgehead atoms. The zero-order valence-electron chi connectivity index (χ0n) is 11.2. The van der Waals surface area contributed by atoms with Crippen molar-refractivity contribution in [3.63, 3.8) is 0 Å². The Bertz CT molecular complexity index is 650. The van der Waals surface area contributed by atoms with E-state index >= 15 is 0 Å². The molecule has 2 aromatic rings. The van der Waals surface area contributed by atoms with E-state index in [9.17, 15) is 9.90 Å². The number of hydrogen-bond acceptors (Lipinski definition) is 4. The van der Waals surface area contributed by atoms with Crippen LogP contribution in [0, 0.1) is 0 Å². The van der Waals surface area contributed by atoms with Gasteiger partial charge in [0.05, 0.1) is 22.6 Å². The highest BCUT2D eigenvalue weighted by atomic mass is 79.9. The van der Waals surface area contributed by atoms with Crippen LogP contribution in [0.4, 0.5) is 0 Å². The molecule has 1 saturated heterocycles. The number of carbonyl (C=O) groups excluding carboxylic acids is 1. The predicted octanol–water partition coefficient (Wildman–Crippen LogP) is 3.36. The van der Waals surface area contributed by atoms with Crippen LogP contribution in [0.25, 0.3) is 10.4 Å². The Labute approximate surface area is 135 Å². The molecule has 0 unspecified atom stereocenters. The maximum absolute atomic E-state index is 12.5. The number of halogens is 1. The fraction of sp³-hybridized carbons (Fsp3) is 0.267. The van der Waals surface area contributed by atoms with E-state index in [0.717, 1.165) is 10.4 Å². The third kappa shape index (κ3) is 2.84. The van der Waals surface area contributed by atoms with Crippen LogP contribution in [0.3, 0.4) is 0 Å². The topological polar surface area (TPSA) is 49.8 Å². The lowest BCUT2D eigenvalue weighted by atomic mass is 10.2. The minimum Gasteiger partial charge on any atom is -0.505 e. The number of thiophene rings is 1. The number of hydrogen-bond donors (Lipinski definition) is 1. The summed E-state index contributed by atoms with van der Waals surface area (Å²) in [5, 5.41) is 10.3. The third-order valence-electron chi connectivity index (χ3n) is 3.35. The molecule has 0 aliphatic carbocycles. The highest BCUT2D eigenvalue weighted by molar-refractivity contribution is 9.10. The van der Waals surface area contributed by atoms with E-state index in [1.54, 1.807) is 4.90 Å². The second-order valence-corrected chi connectivity index (χ2v) is 6.51. The molecule has 1 amide bonds. The van der Waals surface area contributed by atoms with Gasteiger partial charge in [0.2, 0.25) is 0 Å². The van der Waals surface area contributed by atoms with Crippen molar-refractivity contribution < 1.29 is 14.6 Å². The van der Waals surface area contributed by atoms with Crippen molar-refractivity contribution in [2.24, 2.45) is 0 Å². The molecule has 3 rings (SSSR count). The Hall–Kier alpha value is -1.37. The van der Waals surface area contributed by atoms with Crippen LogP contribution in [0.2, 0.25) is 0 Å². The van der Waals surface area contributed by atoms with E-state index < -0.39 is 0 Å². The molecule has 0 atom stereocenters. The Kier molecular flexibility index (Phi) is 4.28. The summed E-state index contributed by atoms with van der Waals surface area (Å²) in [4.78, 5) is 15.5. The van der Waals surface area contributed by atoms with Gasteiger partial charge in [-0.25, -0.2) is 0 Å². The van der Waals surface area contributed by atoms with Gasteiger partial charge in [-0.3, -0.25) is 4.79 Å². The van der Waals surface area contributed by atoms with E-state index in [1.165, 1.54) is 11.3 Å². The largest absolute Gasteiger partial charge is 0.505 e. The lowest BCUT2D eigenvalue weighted by molar-refractivity contribution is 0.0304. The molecule has 0 saturated carbocycles. The highest BCUT2D eigenvalue weighted by Gasteiger charge is 2.26. The summed E-state index contributed by atoms with van der Waals surface area (Å²) in [5.74, 6) is -0.112. The maximum Gasteiger partial charge on any atom is 0.267 e. The second-order valence-electron chi connectivity index (χ2n) is 4.69. The van der Waals surface area contributed by atoms with Gasteiger partial charge >= 0.3 is 0 Å². The first kappa shape index (κ1) is 14.6. The molecular weight excluding hydrogens is 354 g/mol. The van der Waals surface area contributed by atoms with Crippen molar-refractivity contribution in [1.82, 2.24) is 4.90 Å². The molecular formula is C15H14BrNO3S. The van der Waals surface area contributed by atoms with Crippen LogP contribution in [0.5, 0.6) is 5.75 Å². The van der Waals surface area contributed by atoms with Gasteiger partial charge in [0, 0.05) is 13.1 Å². The van der Waals surface area contributed by atoms with Crippen LogP contribution in [0.15, 0.2) is 34.8 Å². The molecule has 0 spiro atoms. The molecule has 2 heterocycles. The van der Waals surface area contributed by atoms with Gasteiger partial charge in [0.15, 0.2) is 5.75 Å². The first-order valence-corrected chi connectivity index (χ1v) is 8.23. The zero-order valence-corrected chi connectivity index (χ0v) is 13.6. The monoisotopic (exact) mass is 367 g/mol. The van der Waals surface area contributed by atoms with Crippen LogP contribution in [-0.2, 0) is 4.74 Å². The fourth-order valence-corrected chi connectivity index (χ4v) is 4.09. The zero-order chi connectivity index (χ0) is 14.8. The normalized spacial score (nSPS) is 15.2. The SMILES string of the molecule is O=C(c1sc(-c2ccccc2)c(Br)c1O)N1CCOCC1. The van der Waals surface area contributed by atoms with Gasteiger partial charge in [0.1, 0.15) is 4.88 Å².